The number of ether oxygens (including phenoxy) is 1. The van der Waals surface area contributed by atoms with Gasteiger partial charge in [0, 0.05) is 43.8 Å². The highest BCUT2D eigenvalue weighted by Crippen LogP contribution is 2.20. The van der Waals surface area contributed by atoms with Crippen LogP contribution in [0.25, 0.3) is 0 Å². The molecule has 1 heterocycles. The maximum atomic E-state index is 12.6. The van der Waals surface area contributed by atoms with Crippen molar-refractivity contribution in [2.45, 2.75) is 6.92 Å². The minimum Gasteiger partial charge on any atom is -0.462 e. The molecule has 3 rings (SSSR count). The van der Waals surface area contributed by atoms with E-state index in [4.69, 9.17) is 4.74 Å². The molecule has 1 aliphatic rings. The lowest BCUT2D eigenvalue weighted by molar-refractivity contribution is -0.112. The topological polar surface area (TPSA) is 97.7 Å². The van der Waals surface area contributed by atoms with Crippen LogP contribution in [0.2, 0.25) is 0 Å². The van der Waals surface area contributed by atoms with Crippen LogP contribution in [0.1, 0.15) is 17.3 Å². The minimum atomic E-state index is -0.620. The molecule has 0 spiro atoms. The van der Waals surface area contributed by atoms with Gasteiger partial charge in [-0.3, -0.25) is 4.79 Å². The fourth-order valence-electron chi connectivity index (χ4n) is 3.31. The maximum absolute atomic E-state index is 12.6. The molecule has 0 aromatic heterocycles. The zero-order valence-corrected chi connectivity index (χ0v) is 18.3. The van der Waals surface area contributed by atoms with E-state index in [1.54, 1.807) is 31.2 Å². The van der Waals surface area contributed by atoms with Crippen LogP contribution in [0.5, 0.6) is 0 Å². The summed E-state index contributed by atoms with van der Waals surface area (Å²) >= 11 is 0. The molecule has 0 unspecified atom stereocenters. The number of esters is 1. The average molecular weight is 434 g/mol. The van der Waals surface area contributed by atoms with E-state index in [1.807, 2.05) is 30.3 Å². The standard InChI is InChI=1S/C24H27N5O3/c1-3-32-24(31)21-6-4-5-7-22(21)27-23(30)18(16-25)17-26-19-8-10-20(11-9-19)29-14-12-28(2)13-15-29/h4-11,17,26H,3,12-15H2,1-2H3,(H,27,30)/b18-17-. The smallest absolute Gasteiger partial charge is 0.340 e. The van der Waals surface area contributed by atoms with E-state index in [9.17, 15) is 14.9 Å². The van der Waals surface area contributed by atoms with Crippen molar-refractivity contribution in [2.24, 2.45) is 0 Å². The number of nitrogens with zero attached hydrogens (tertiary/aromatic N) is 3. The van der Waals surface area contributed by atoms with Gasteiger partial charge >= 0.3 is 5.97 Å². The van der Waals surface area contributed by atoms with Crippen molar-refractivity contribution in [1.29, 1.82) is 5.26 Å². The van der Waals surface area contributed by atoms with Gasteiger partial charge in [0.05, 0.1) is 17.9 Å². The Bertz CT molecular complexity index is 1020. The molecule has 2 N–H and O–H groups in total. The van der Waals surface area contributed by atoms with Gasteiger partial charge in [-0.25, -0.2) is 4.79 Å². The number of nitrogens with one attached hydrogen (secondary N) is 2. The third-order valence-electron chi connectivity index (χ3n) is 5.15. The first-order valence-electron chi connectivity index (χ1n) is 10.5. The van der Waals surface area contributed by atoms with E-state index in [2.05, 4.69) is 27.5 Å². The van der Waals surface area contributed by atoms with Crippen molar-refractivity contribution < 1.29 is 14.3 Å². The molecule has 166 valence electrons. The maximum Gasteiger partial charge on any atom is 0.340 e. The summed E-state index contributed by atoms with van der Waals surface area (Å²) < 4.78 is 5.01. The molecule has 1 amide bonds. The molecule has 0 atom stereocenters. The van der Waals surface area contributed by atoms with Crippen molar-refractivity contribution in [3.05, 3.63) is 65.9 Å². The van der Waals surface area contributed by atoms with Crippen LogP contribution in [0.4, 0.5) is 17.1 Å². The third-order valence-corrected chi connectivity index (χ3v) is 5.15. The molecule has 0 radical (unpaired) electrons. The molecule has 1 fully saturated rings. The largest absolute Gasteiger partial charge is 0.462 e. The Hall–Kier alpha value is -3.83. The van der Waals surface area contributed by atoms with Gasteiger partial charge in [0.2, 0.25) is 0 Å². The van der Waals surface area contributed by atoms with Crippen LogP contribution in [-0.4, -0.2) is 56.6 Å². The lowest BCUT2D eigenvalue weighted by atomic mass is 10.1. The number of amides is 1. The molecule has 8 nitrogen and oxygen atoms in total. The Morgan fingerprint density at radius 3 is 2.44 bits per heavy atom. The lowest BCUT2D eigenvalue weighted by Gasteiger charge is -2.34. The summed E-state index contributed by atoms with van der Waals surface area (Å²) in [6, 6.07) is 16.3. The van der Waals surface area contributed by atoms with Crippen LogP contribution in [-0.2, 0) is 9.53 Å². The molecule has 32 heavy (non-hydrogen) atoms. The SMILES string of the molecule is CCOC(=O)c1ccccc1NC(=O)/C(C#N)=C\Nc1ccc(N2CCN(C)CC2)cc1. The Balaban J connectivity index is 1.65. The molecular weight excluding hydrogens is 406 g/mol. The summed E-state index contributed by atoms with van der Waals surface area (Å²) in [5, 5.41) is 15.0. The van der Waals surface area contributed by atoms with Crippen molar-refractivity contribution in [2.75, 3.05) is 55.4 Å². The Morgan fingerprint density at radius 2 is 1.78 bits per heavy atom. The summed E-state index contributed by atoms with van der Waals surface area (Å²) in [4.78, 5) is 29.3. The zero-order valence-electron chi connectivity index (χ0n) is 18.3. The molecule has 2 aromatic rings. The van der Waals surface area contributed by atoms with Gasteiger partial charge in [-0.1, -0.05) is 12.1 Å². The summed E-state index contributed by atoms with van der Waals surface area (Å²) in [5.74, 6) is -1.16. The van der Waals surface area contributed by atoms with Gasteiger partial charge in [0.1, 0.15) is 11.6 Å². The number of hydrogen-bond donors (Lipinski definition) is 2. The first kappa shape index (κ1) is 22.8. The zero-order chi connectivity index (χ0) is 22.9. The first-order chi connectivity index (χ1) is 15.5. The quantitative estimate of drug-likeness (QED) is 0.393. The molecule has 1 saturated heterocycles. The number of para-hydroxylation sites is 1. The fourth-order valence-corrected chi connectivity index (χ4v) is 3.31. The van der Waals surface area contributed by atoms with E-state index in [-0.39, 0.29) is 23.4 Å². The third kappa shape index (κ3) is 5.86. The Kier molecular flexibility index (Phi) is 7.84. The first-order valence-corrected chi connectivity index (χ1v) is 10.5. The van der Waals surface area contributed by atoms with E-state index in [0.29, 0.717) is 0 Å². The van der Waals surface area contributed by atoms with E-state index >= 15 is 0 Å². The highest BCUT2D eigenvalue weighted by Gasteiger charge is 2.17. The number of rotatable bonds is 7. The molecule has 0 saturated carbocycles. The lowest BCUT2D eigenvalue weighted by Crippen LogP contribution is -2.44. The number of carbonyl (C=O) groups is 2. The Morgan fingerprint density at radius 1 is 1.09 bits per heavy atom. The van der Waals surface area contributed by atoms with E-state index in [0.717, 1.165) is 37.6 Å². The predicted octanol–water partition coefficient (Wildman–Crippen LogP) is 3.07. The van der Waals surface area contributed by atoms with Gasteiger partial charge in [0.15, 0.2) is 0 Å². The predicted molar refractivity (Wildman–Crippen MR) is 124 cm³/mol. The highest BCUT2D eigenvalue weighted by molar-refractivity contribution is 6.09. The second kappa shape index (κ2) is 11.0. The fraction of sp³-hybridized carbons (Fsp3) is 0.292. The highest BCUT2D eigenvalue weighted by atomic mass is 16.5. The van der Waals surface area contributed by atoms with Crippen molar-refractivity contribution in [1.82, 2.24) is 4.90 Å². The van der Waals surface area contributed by atoms with Crippen LogP contribution in [0.15, 0.2) is 60.3 Å². The normalized spacial score (nSPS) is 14.4. The monoisotopic (exact) mass is 433 g/mol. The number of likely N-dealkylation sites (N-methyl/N-ethyl adjacent to an activating group) is 1. The second-order valence-corrected chi connectivity index (χ2v) is 7.37. The van der Waals surface area contributed by atoms with Crippen LogP contribution >= 0.6 is 0 Å². The number of hydrogen-bond acceptors (Lipinski definition) is 7. The van der Waals surface area contributed by atoms with Crippen molar-refractivity contribution >= 4 is 28.9 Å². The molecule has 0 aliphatic carbocycles. The van der Waals surface area contributed by atoms with Gasteiger partial charge < -0.3 is 25.2 Å². The van der Waals surface area contributed by atoms with Crippen LogP contribution in [0, 0.1) is 11.3 Å². The summed E-state index contributed by atoms with van der Waals surface area (Å²) in [7, 11) is 2.12. The van der Waals surface area contributed by atoms with Gasteiger partial charge in [-0.2, -0.15) is 5.26 Å². The molecule has 2 aromatic carbocycles. The number of piperazine rings is 1. The number of nitriles is 1. The minimum absolute atomic E-state index is 0.119. The summed E-state index contributed by atoms with van der Waals surface area (Å²) in [6.45, 7) is 5.96. The second-order valence-electron chi connectivity index (χ2n) is 7.37. The van der Waals surface area contributed by atoms with Gasteiger partial charge in [-0.15, -0.1) is 0 Å². The summed E-state index contributed by atoms with van der Waals surface area (Å²) in [5.41, 5.74) is 2.30. The van der Waals surface area contributed by atoms with Crippen molar-refractivity contribution in [3.8, 4) is 6.07 Å². The average Bonchev–Trinajstić information content (AvgIpc) is 2.81. The number of carbonyl (C=O) groups excluding carboxylic acids is 2. The van der Waals surface area contributed by atoms with Crippen molar-refractivity contribution in [3.63, 3.8) is 0 Å². The van der Waals surface area contributed by atoms with E-state index < -0.39 is 11.9 Å². The van der Waals surface area contributed by atoms with Gasteiger partial charge in [-0.05, 0) is 50.4 Å². The molecule has 1 aliphatic heterocycles. The molecule has 8 heteroatoms. The molecular formula is C24H27N5O3. The Labute approximate surface area is 188 Å². The van der Waals surface area contributed by atoms with Crippen LogP contribution < -0.4 is 15.5 Å². The number of benzene rings is 2. The molecule has 0 bridgehead atoms. The number of anilines is 3. The van der Waals surface area contributed by atoms with E-state index in [1.165, 1.54) is 6.20 Å². The van der Waals surface area contributed by atoms with Gasteiger partial charge in [0.25, 0.3) is 5.91 Å². The van der Waals surface area contributed by atoms with Crippen LogP contribution in [0.3, 0.4) is 0 Å². The summed E-state index contributed by atoms with van der Waals surface area (Å²) in [6.07, 6.45) is 1.35.